The molecule has 0 aliphatic carbocycles. The van der Waals surface area contributed by atoms with E-state index in [2.05, 4.69) is 67.7 Å². The standard InChI is InChI=1S/C37H62O4/c1-3-4-5-6-7-8-9-10-11-12-13-14-15-16-17-22-25-28-31-34-37(40)41-35(2)32-29-26-23-20-18-19-21-24-27-30-33-36(38)39/h4-5,7-8,10-11,13-14,16-17,35H,3,6,9,12,15,18-34H2,1-2H3,(H,38,39)/b5-4-,8-7-,11-10-,14-13-,17-16-. The van der Waals surface area contributed by atoms with Crippen LogP contribution in [0, 0.1) is 0 Å². The van der Waals surface area contributed by atoms with Gasteiger partial charge in [-0.1, -0.05) is 125 Å². The average Bonchev–Trinajstić information content (AvgIpc) is 2.94. The molecule has 0 aliphatic rings. The van der Waals surface area contributed by atoms with E-state index in [0.29, 0.717) is 12.8 Å². The van der Waals surface area contributed by atoms with Crippen molar-refractivity contribution in [3.63, 3.8) is 0 Å². The van der Waals surface area contributed by atoms with Gasteiger partial charge in [-0.15, -0.1) is 0 Å². The number of unbranched alkanes of at least 4 members (excludes halogenated alkanes) is 12. The second-order valence-electron chi connectivity index (χ2n) is 11.1. The minimum atomic E-state index is -0.683. The van der Waals surface area contributed by atoms with Gasteiger partial charge in [-0.25, -0.2) is 0 Å². The van der Waals surface area contributed by atoms with Crippen LogP contribution >= 0.6 is 0 Å². The van der Waals surface area contributed by atoms with Gasteiger partial charge in [0.15, 0.2) is 0 Å². The lowest BCUT2D eigenvalue weighted by atomic mass is 10.0. The Balaban J connectivity index is 3.48. The number of aliphatic carboxylic acids is 1. The third kappa shape index (κ3) is 33.7. The summed E-state index contributed by atoms with van der Waals surface area (Å²) in [5.74, 6) is -0.728. The number of carbonyl (C=O) groups is 2. The van der Waals surface area contributed by atoms with E-state index < -0.39 is 5.97 Å². The lowest BCUT2D eigenvalue weighted by molar-refractivity contribution is -0.148. The highest BCUT2D eigenvalue weighted by Crippen LogP contribution is 2.14. The fourth-order valence-electron chi connectivity index (χ4n) is 4.54. The van der Waals surface area contributed by atoms with Crippen molar-refractivity contribution >= 4 is 11.9 Å². The number of carboxylic acid groups (broad SMARTS) is 1. The van der Waals surface area contributed by atoms with Crippen LogP contribution in [0.5, 0.6) is 0 Å². The second kappa shape index (κ2) is 32.2. The summed E-state index contributed by atoms with van der Waals surface area (Å²) in [5.41, 5.74) is 0. The Morgan fingerprint density at radius 2 is 0.976 bits per heavy atom. The Morgan fingerprint density at radius 3 is 1.49 bits per heavy atom. The molecule has 41 heavy (non-hydrogen) atoms. The Bertz CT molecular complexity index is 744. The van der Waals surface area contributed by atoms with Crippen LogP contribution in [-0.4, -0.2) is 23.1 Å². The first kappa shape index (κ1) is 38.6. The van der Waals surface area contributed by atoms with Crippen molar-refractivity contribution in [2.24, 2.45) is 0 Å². The number of carbonyl (C=O) groups excluding carboxylic acids is 1. The number of hydrogen-bond donors (Lipinski definition) is 1. The van der Waals surface area contributed by atoms with Crippen LogP contribution in [0.4, 0.5) is 0 Å². The Kier molecular flexibility index (Phi) is 30.3. The van der Waals surface area contributed by atoms with Crippen LogP contribution < -0.4 is 0 Å². The zero-order valence-electron chi connectivity index (χ0n) is 26.6. The molecule has 0 radical (unpaired) electrons. The monoisotopic (exact) mass is 570 g/mol. The smallest absolute Gasteiger partial charge is 0.306 e. The molecule has 0 spiro atoms. The van der Waals surface area contributed by atoms with E-state index in [-0.39, 0.29) is 12.1 Å². The molecule has 0 heterocycles. The van der Waals surface area contributed by atoms with Crippen LogP contribution in [0.2, 0.25) is 0 Å². The van der Waals surface area contributed by atoms with Gasteiger partial charge in [0, 0.05) is 12.8 Å². The first-order chi connectivity index (χ1) is 20.1. The highest BCUT2D eigenvalue weighted by molar-refractivity contribution is 5.69. The van der Waals surface area contributed by atoms with E-state index in [1.807, 2.05) is 6.92 Å². The normalized spacial score (nSPS) is 13.0. The quantitative estimate of drug-likeness (QED) is 0.0552. The van der Waals surface area contributed by atoms with E-state index in [4.69, 9.17) is 9.84 Å². The number of carboxylic acids is 1. The van der Waals surface area contributed by atoms with Crippen LogP contribution in [-0.2, 0) is 14.3 Å². The molecule has 4 heteroatoms. The van der Waals surface area contributed by atoms with Gasteiger partial charge in [0.05, 0.1) is 6.10 Å². The SMILES string of the molecule is CC/C=C\C/C=C\C/C=C\C/C=C\C/C=C\CCCCCC(=O)OC(C)CCCCCCCCCCCCC(=O)O. The number of hydrogen-bond acceptors (Lipinski definition) is 3. The van der Waals surface area contributed by atoms with Crippen molar-refractivity contribution in [1.82, 2.24) is 0 Å². The molecule has 0 amide bonds. The third-order valence-corrected chi connectivity index (χ3v) is 6.99. The van der Waals surface area contributed by atoms with Gasteiger partial charge in [0.2, 0.25) is 0 Å². The summed E-state index contributed by atoms with van der Waals surface area (Å²) >= 11 is 0. The van der Waals surface area contributed by atoms with Crippen LogP contribution in [0.15, 0.2) is 60.8 Å². The van der Waals surface area contributed by atoms with Gasteiger partial charge >= 0.3 is 11.9 Å². The summed E-state index contributed by atoms with van der Waals surface area (Å²) in [6.07, 6.45) is 44.9. The molecule has 4 nitrogen and oxygen atoms in total. The summed E-state index contributed by atoms with van der Waals surface area (Å²) in [6.45, 7) is 4.17. The summed E-state index contributed by atoms with van der Waals surface area (Å²) in [7, 11) is 0. The summed E-state index contributed by atoms with van der Waals surface area (Å²) in [6, 6.07) is 0. The Morgan fingerprint density at radius 1 is 0.561 bits per heavy atom. The van der Waals surface area contributed by atoms with Crippen LogP contribution in [0.1, 0.15) is 155 Å². The molecule has 0 aromatic rings. The number of esters is 1. The van der Waals surface area contributed by atoms with Crippen molar-refractivity contribution in [3.8, 4) is 0 Å². The zero-order valence-corrected chi connectivity index (χ0v) is 26.6. The second-order valence-corrected chi connectivity index (χ2v) is 11.1. The molecule has 0 saturated carbocycles. The lowest BCUT2D eigenvalue weighted by Gasteiger charge is -2.13. The van der Waals surface area contributed by atoms with Crippen molar-refractivity contribution in [2.75, 3.05) is 0 Å². The van der Waals surface area contributed by atoms with Crippen molar-refractivity contribution < 1.29 is 19.4 Å². The predicted molar refractivity (Wildman–Crippen MR) is 176 cm³/mol. The van der Waals surface area contributed by atoms with Crippen LogP contribution in [0.3, 0.4) is 0 Å². The molecular formula is C37H62O4. The Hall–Kier alpha value is -2.36. The summed E-state index contributed by atoms with van der Waals surface area (Å²) in [5, 5.41) is 8.63. The summed E-state index contributed by atoms with van der Waals surface area (Å²) in [4.78, 5) is 22.6. The molecule has 234 valence electrons. The van der Waals surface area contributed by atoms with E-state index in [1.165, 1.54) is 38.5 Å². The molecule has 0 aliphatic heterocycles. The van der Waals surface area contributed by atoms with Gasteiger partial charge in [0.25, 0.3) is 0 Å². The minimum absolute atomic E-state index is 0.0228. The van der Waals surface area contributed by atoms with Gasteiger partial charge in [-0.3, -0.25) is 9.59 Å². The van der Waals surface area contributed by atoms with E-state index >= 15 is 0 Å². The Labute approximate surface area is 253 Å². The van der Waals surface area contributed by atoms with Crippen molar-refractivity contribution in [1.29, 1.82) is 0 Å². The maximum atomic E-state index is 12.1. The number of rotatable bonds is 29. The molecule has 0 fully saturated rings. The largest absolute Gasteiger partial charge is 0.481 e. The third-order valence-electron chi connectivity index (χ3n) is 6.99. The fourth-order valence-corrected chi connectivity index (χ4v) is 4.54. The molecule has 0 rings (SSSR count). The molecule has 0 saturated heterocycles. The van der Waals surface area contributed by atoms with Crippen molar-refractivity contribution in [3.05, 3.63) is 60.8 Å². The maximum absolute atomic E-state index is 12.1. The first-order valence-corrected chi connectivity index (χ1v) is 16.7. The number of allylic oxidation sites excluding steroid dienone is 10. The molecule has 0 aromatic heterocycles. The van der Waals surface area contributed by atoms with Gasteiger partial charge < -0.3 is 9.84 Å². The van der Waals surface area contributed by atoms with Gasteiger partial charge in [-0.05, 0) is 77.6 Å². The van der Waals surface area contributed by atoms with Crippen LogP contribution in [0.25, 0.3) is 0 Å². The van der Waals surface area contributed by atoms with E-state index in [1.54, 1.807) is 0 Å². The lowest BCUT2D eigenvalue weighted by Crippen LogP contribution is -2.14. The minimum Gasteiger partial charge on any atom is -0.481 e. The maximum Gasteiger partial charge on any atom is 0.306 e. The van der Waals surface area contributed by atoms with Gasteiger partial charge in [-0.2, -0.15) is 0 Å². The molecule has 1 atom stereocenters. The molecule has 1 N–H and O–H groups in total. The highest BCUT2D eigenvalue weighted by Gasteiger charge is 2.09. The van der Waals surface area contributed by atoms with E-state index in [9.17, 15) is 9.59 Å². The summed E-state index contributed by atoms with van der Waals surface area (Å²) < 4.78 is 5.59. The van der Waals surface area contributed by atoms with E-state index in [0.717, 1.165) is 89.9 Å². The molecular weight excluding hydrogens is 508 g/mol. The highest BCUT2D eigenvalue weighted by atomic mass is 16.5. The topological polar surface area (TPSA) is 63.6 Å². The van der Waals surface area contributed by atoms with Gasteiger partial charge in [0.1, 0.15) is 0 Å². The zero-order chi connectivity index (χ0) is 30.1. The van der Waals surface area contributed by atoms with Crippen molar-refractivity contribution in [2.45, 2.75) is 161 Å². The average molecular weight is 571 g/mol. The number of ether oxygens (including phenoxy) is 1. The molecule has 0 aromatic carbocycles. The predicted octanol–water partition coefficient (Wildman–Crippen LogP) is 11.4. The molecule has 0 bridgehead atoms. The fraction of sp³-hybridized carbons (Fsp3) is 0.676. The molecule has 1 unspecified atom stereocenters. The first-order valence-electron chi connectivity index (χ1n) is 16.7.